The fourth-order valence-corrected chi connectivity index (χ4v) is 6.00. The zero-order valence-corrected chi connectivity index (χ0v) is 30.2. The molecule has 2 saturated heterocycles. The Morgan fingerprint density at radius 2 is 1.10 bits per heavy atom. The van der Waals surface area contributed by atoms with Crippen LogP contribution in [-0.2, 0) is 9.47 Å². The number of anilines is 2. The summed E-state index contributed by atoms with van der Waals surface area (Å²) < 4.78 is 11.2. The Morgan fingerprint density at radius 3 is 1.48 bits per heavy atom. The van der Waals surface area contributed by atoms with Crippen LogP contribution in [0, 0.1) is 0 Å². The van der Waals surface area contributed by atoms with Crippen molar-refractivity contribution in [1.82, 2.24) is 29.7 Å². The molecule has 2 aliphatic rings. The van der Waals surface area contributed by atoms with Crippen LogP contribution in [0.25, 0.3) is 22.1 Å². The highest BCUT2D eigenvalue weighted by molar-refractivity contribution is 7.59. The Morgan fingerprint density at radius 1 is 0.708 bits per heavy atom. The first kappa shape index (κ1) is 36.7. The number of nitrogens with one attached hydrogen (secondary N) is 4. The van der Waals surface area contributed by atoms with E-state index >= 15 is 0 Å². The SMILES string of the molecule is CC(C)(C)OC(=O)N1CCC[C@H]1c1nc2ccc(NC(=O)Nc3ccc4nc([C@@H]5CCCN5C(=O)OC(C)(C)C)[nH]c4c3)cc2[nH]1.S.S. The number of imidazole rings is 2. The lowest BCUT2D eigenvalue weighted by molar-refractivity contribution is 0.0208. The van der Waals surface area contributed by atoms with Gasteiger partial charge in [0.15, 0.2) is 0 Å². The number of urea groups is 1. The van der Waals surface area contributed by atoms with E-state index in [2.05, 4.69) is 20.6 Å². The largest absolute Gasteiger partial charge is 0.444 e. The molecule has 15 heteroatoms. The maximum Gasteiger partial charge on any atom is 0.410 e. The summed E-state index contributed by atoms with van der Waals surface area (Å²) in [6.07, 6.45) is 2.62. The fraction of sp³-hybridized carbons (Fsp3) is 0.485. The highest BCUT2D eigenvalue weighted by Gasteiger charge is 2.36. The monoisotopic (exact) mass is 698 g/mol. The average Bonchev–Trinajstić information content (AvgIpc) is 3.75. The van der Waals surface area contributed by atoms with E-state index in [4.69, 9.17) is 19.4 Å². The standard InChI is InChI=1S/C33H42N8O5.2H2S/c1-32(2,3)45-30(43)40-15-7-9-25(40)27-36-21-13-11-19(17-23(21)38-27)34-29(42)35-20-12-14-22-24(18-20)39-28(37-22)26-10-8-16-41(26)31(44)46-33(4,5)6;;/h11-14,17-18,25-26H,7-10,15-16H2,1-6H3,(H,36,38)(H,37,39)(H2,34,35,42);2*1H2/t25-,26-;;/m0../s1. The van der Waals surface area contributed by atoms with Gasteiger partial charge in [-0.3, -0.25) is 9.80 Å². The van der Waals surface area contributed by atoms with Crippen molar-refractivity contribution in [3.05, 3.63) is 48.0 Å². The van der Waals surface area contributed by atoms with Crippen LogP contribution in [0.15, 0.2) is 36.4 Å². The summed E-state index contributed by atoms with van der Waals surface area (Å²) >= 11 is 0. The Labute approximate surface area is 293 Å². The van der Waals surface area contributed by atoms with E-state index in [0.717, 1.165) is 47.8 Å². The molecule has 0 radical (unpaired) electrons. The highest BCUT2D eigenvalue weighted by atomic mass is 32.1. The minimum absolute atomic E-state index is 0. The summed E-state index contributed by atoms with van der Waals surface area (Å²) in [5, 5.41) is 5.77. The van der Waals surface area contributed by atoms with Crippen LogP contribution in [0.5, 0.6) is 0 Å². The normalized spacial score (nSPS) is 18.0. The van der Waals surface area contributed by atoms with Crippen molar-refractivity contribution >= 4 is 78.7 Å². The first-order valence-electron chi connectivity index (χ1n) is 15.8. The van der Waals surface area contributed by atoms with Crippen LogP contribution in [0.1, 0.15) is 91.0 Å². The lowest BCUT2D eigenvalue weighted by Crippen LogP contribution is -2.36. The molecule has 6 rings (SSSR count). The summed E-state index contributed by atoms with van der Waals surface area (Å²) in [5.74, 6) is 1.39. The predicted octanol–water partition coefficient (Wildman–Crippen LogP) is 7.45. The van der Waals surface area contributed by atoms with Gasteiger partial charge in [-0.25, -0.2) is 24.4 Å². The van der Waals surface area contributed by atoms with Gasteiger partial charge in [-0.1, -0.05) is 0 Å². The number of carbonyl (C=O) groups excluding carboxylic acids is 3. The van der Waals surface area contributed by atoms with Crippen LogP contribution >= 0.6 is 27.0 Å². The number of nitrogens with zero attached hydrogens (tertiary/aromatic N) is 4. The van der Waals surface area contributed by atoms with Crippen LogP contribution in [-0.4, -0.2) is 72.2 Å². The third-order valence-corrected chi connectivity index (χ3v) is 7.91. The number of amides is 4. The van der Waals surface area contributed by atoms with Crippen molar-refractivity contribution in [2.75, 3.05) is 23.7 Å². The molecular formula is C33H46N8O5S2. The van der Waals surface area contributed by atoms with E-state index in [0.29, 0.717) is 36.1 Å². The molecule has 4 N–H and O–H groups in total. The van der Waals surface area contributed by atoms with Gasteiger partial charge in [-0.2, -0.15) is 27.0 Å². The van der Waals surface area contributed by atoms with Gasteiger partial charge in [0.2, 0.25) is 0 Å². The number of aromatic amines is 2. The molecule has 2 aromatic carbocycles. The first-order chi connectivity index (χ1) is 21.7. The molecule has 2 aromatic heterocycles. The predicted molar refractivity (Wildman–Crippen MR) is 195 cm³/mol. The van der Waals surface area contributed by atoms with E-state index < -0.39 is 17.2 Å². The second-order valence-corrected chi connectivity index (χ2v) is 14.0. The van der Waals surface area contributed by atoms with Crippen molar-refractivity contribution < 1.29 is 23.9 Å². The third-order valence-electron chi connectivity index (χ3n) is 7.91. The molecule has 2 atom stereocenters. The fourth-order valence-electron chi connectivity index (χ4n) is 6.00. The average molecular weight is 699 g/mol. The van der Waals surface area contributed by atoms with Gasteiger partial charge in [-0.15, -0.1) is 0 Å². The first-order valence-corrected chi connectivity index (χ1v) is 15.8. The Bertz CT molecular complexity index is 1670. The molecule has 0 saturated carbocycles. The summed E-state index contributed by atoms with van der Waals surface area (Å²) in [7, 11) is 0. The zero-order valence-electron chi connectivity index (χ0n) is 28.2. The Hall–Kier alpha value is -4.11. The zero-order chi connectivity index (χ0) is 32.8. The maximum absolute atomic E-state index is 13.0. The molecule has 4 amide bonds. The molecule has 0 aliphatic carbocycles. The smallest absolute Gasteiger partial charge is 0.410 e. The lowest BCUT2D eigenvalue weighted by Gasteiger charge is -2.27. The molecule has 2 fully saturated rings. The molecule has 13 nitrogen and oxygen atoms in total. The molecule has 0 unspecified atom stereocenters. The maximum atomic E-state index is 13.0. The van der Waals surface area contributed by atoms with Gasteiger partial charge in [0.1, 0.15) is 22.9 Å². The topological polar surface area (TPSA) is 158 Å². The van der Waals surface area contributed by atoms with E-state index in [1.165, 1.54) is 0 Å². The molecule has 0 bridgehead atoms. The molecule has 260 valence electrons. The van der Waals surface area contributed by atoms with Crippen molar-refractivity contribution in [2.24, 2.45) is 0 Å². The van der Waals surface area contributed by atoms with Gasteiger partial charge in [-0.05, 0) is 104 Å². The summed E-state index contributed by atoms with van der Waals surface area (Å²) in [5.41, 5.74) is 3.01. The number of fused-ring (bicyclic) bond motifs is 2. The summed E-state index contributed by atoms with van der Waals surface area (Å²) in [6, 6.07) is 10.1. The van der Waals surface area contributed by atoms with E-state index in [9.17, 15) is 14.4 Å². The van der Waals surface area contributed by atoms with Crippen molar-refractivity contribution in [3.8, 4) is 0 Å². The van der Waals surface area contributed by atoms with Crippen LogP contribution in [0.4, 0.5) is 25.8 Å². The van der Waals surface area contributed by atoms with E-state index in [1.54, 1.807) is 21.9 Å². The Balaban J connectivity index is 0.00000260. The van der Waals surface area contributed by atoms with Gasteiger partial charge in [0, 0.05) is 24.5 Å². The molecule has 0 spiro atoms. The van der Waals surface area contributed by atoms with Crippen molar-refractivity contribution in [1.29, 1.82) is 0 Å². The molecule has 48 heavy (non-hydrogen) atoms. The number of rotatable bonds is 4. The minimum atomic E-state index is -0.576. The molecule has 4 aromatic rings. The van der Waals surface area contributed by atoms with Crippen LogP contribution in [0.2, 0.25) is 0 Å². The molecular weight excluding hydrogens is 653 g/mol. The van der Waals surface area contributed by atoms with Gasteiger partial charge >= 0.3 is 18.2 Å². The minimum Gasteiger partial charge on any atom is -0.444 e. The number of aromatic nitrogens is 4. The summed E-state index contributed by atoms with van der Waals surface area (Å²) in [4.78, 5) is 58.1. The second-order valence-electron chi connectivity index (χ2n) is 14.0. The number of benzene rings is 2. The highest BCUT2D eigenvalue weighted by Crippen LogP contribution is 2.34. The van der Waals surface area contributed by atoms with Gasteiger partial charge < -0.3 is 30.1 Å². The Kier molecular flexibility index (Phi) is 10.8. The molecule has 2 aliphatic heterocycles. The lowest BCUT2D eigenvalue weighted by atomic mass is 10.2. The number of hydrogen-bond acceptors (Lipinski definition) is 7. The van der Waals surface area contributed by atoms with Crippen LogP contribution < -0.4 is 10.6 Å². The molecule has 4 heterocycles. The number of ether oxygens (including phenoxy) is 2. The third kappa shape index (κ3) is 8.29. The van der Waals surface area contributed by atoms with Gasteiger partial charge in [0.25, 0.3) is 0 Å². The van der Waals surface area contributed by atoms with Crippen LogP contribution in [0.3, 0.4) is 0 Å². The van der Waals surface area contributed by atoms with Gasteiger partial charge in [0.05, 0.1) is 34.2 Å². The van der Waals surface area contributed by atoms with E-state index in [-0.39, 0.29) is 51.3 Å². The summed E-state index contributed by atoms with van der Waals surface area (Å²) in [6.45, 7) is 12.3. The number of H-pyrrole nitrogens is 2. The van der Waals surface area contributed by atoms with Crippen molar-refractivity contribution in [3.63, 3.8) is 0 Å². The van der Waals surface area contributed by atoms with E-state index in [1.807, 2.05) is 65.8 Å². The number of carbonyl (C=O) groups is 3. The number of likely N-dealkylation sites (tertiary alicyclic amines) is 2. The number of hydrogen-bond donors (Lipinski definition) is 4. The quantitative estimate of drug-likeness (QED) is 0.172. The second kappa shape index (κ2) is 14.2. The van der Waals surface area contributed by atoms with Crippen molar-refractivity contribution in [2.45, 2.75) is 90.5 Å².